The van der Waals surface area contributed by atoms with Crippen LogP contribution in [-0.2, 0) is 4.74 Å². The Morgan fingerprint density at radius 2 is 1.44 bits per heavy atom. The first-order valence-electron chi connectivity index (χ1n) is 8.72. The van der Waals surface area contributed by atoms with Gasteiger partial charge in [-0.15, -0.1) is 0 Å². The van der Waals surface area contributed by atoms with Gasteiger partial charge in [-0.2, -0.15) is 0 Å². The maximum Gasteiger partial charge on any atom is 0.175 e. The van der Waals surface area contributed by atoms with Gasteiger partial charge in [-0.3, -0.25) is 0 Å². The first kappa shape index (κ1) is 17.7. The zero-order chi connectivity index (χ0) is 17.6. The van der Waals surface area contributed by atoms with Gasteiger partial charge in [-0.1, -0.05) is 26.0 Å². The van der Waals surface area contributed by atoms with Crippen LogP contribution in [0, 0.1) is 0 Å². The second-order valence-electron chi connectivity index (χ2n) is 6.50. The second kappa shape index (κ2) is 8.32. The van der Waals surface area contributed by atoms with E-state index in [1.165, 1.54) is 11.3 Å². The molecule has 1 fully saturated rings. The molecule has 0 atom stereocenters. The van der Waals surface area contributed by atoms with Crippen molar-refractivity contribution in [2.75, 3.05) is 41.8 Å². The van der Waals surface area contributed by atoms with Gasteiger partial charge in [0.25, 0.3) is 0 Å². The van der Waals surface area contributed by atoms with E-state index in [0.717, 1.165) is 37.7 Å². The molecular weight excluding hydrogens is 330 g/mol. The van der Waals surface area contributed by atoms with Crippen LogP contribution in [0.2, 0.25) is 0 Å². The van der Waals surface area contributed by atoms with Crippen LogP contribution in [0.1, 0.15) is 25.3 Å². The average Bonchev–Trinajstić information content (AvgIpc) is 2.63. The molecule has 0 bridgehead atoms. The molecule has 132 valence electrons. The molecule has 2 aromatic rings. The fraction of sp³-hybridized carbons (Fsp3) is 0.350. The number of thiocarbonyl (C=S) groups is 1. The van der Waals surface area contributed by atoms with Crippen LogP contribution in [0.25, 0.3) is 0 Å². The van der Waals surface area contributed by atoms with E-state index in [1.807, 2.05) is 0 Å². The van der Waals surface area contributed by atoms with E-state index in [9.17, 15) is 0 Å². The summed E-state index contributed by atoms with van der Waals surface area (Å²) in [5, 5.41) is 7.06. The normalized spacial score (nSPS) is 14.4. The highest BCUT2D eigenvalue weighted by atomic mass is 32.1. The molecule has 0 unspecified atom stereocenters. The fourth-order valence-electron chi connectivity index (χ4n) is 2.82. The summed E-state index contributed by atoms with van der Waals surface area (Å²) in [7, 11) is 0. The van der Waals surface area contributed by atoms with Gasteiger partial charge in [-0.05, 0) is 60.1 Å². The van der Waals surface area contributed by atoms with E-state index in [1.54, 1.807) is 0 Å². The largest absolute Gasteiger partial charge is 0.378 e. The second-order valence-corrected chi connectivity index (χ2v) is 6.91. The predicted molar refractivity (Wildman–Crippen MR) is 110 cm³/mol. The Labute approximate surface area is 155 Å². The van der Waals surface area contributed by atoms with Crippen LogP contribution in [0.4, 0.5) is 17.1 Å². The van der Waals surface area contributed by atoms with Gasteiger partial charge in [0.2, 0.25) is 0 Å². The van der Waals surface area contributed by atoms with Crippen molar-refractivity contribution in [2.24, 2.45) is 0 Å². The molecular formula is C20H25N3OS. The summed E-state index contributed by atoms with van der Waals surface area (Å²) in [6.07, 6.45) is 0. The highest BCUT2D eigenvalue weighted by Gasteiger charge is 2.10. The Morgan fingerprint density at radius 3 is 1.96 bits per heavy atom. The fourth-order valence-corrected chi connectivity index (χ4v) is 3.06. The Hall–Kier alpha value is -2.11. The van der Waals surface area contributed by atoms with E-state index < -0.39 is 0 Å². The topological polar surface area (TPSA) is 36.5 Å². The minimum absolute atomic E-state index is 0.532. The molecule has 2 N–H and O–H groups in total. The van der Waals surface area contributed by atoms with Crippen LogP contribution < -0.4 is 15.5 Å². The van der Waals surface area contributed by atoms with E-state index in [2.05, 4.69) is 77.9 Å². The van der Waals surface area contributed by atoms with E-state index in [0.29, 0.717) is 11.0 Å². The summed E-state index contributed by atoms with van der Waals surface area (Å²) in [6, 6.07) is 16.7. The average molecular weight is 356 g/mol. The summed E-state index contributed by atoms with van der Waals surface area (Å²) in [6.45, 7) is 7.86. The lowest BCUT2D eigenvalue weighted by Gasteiger charge is -2.29. The van der Waals surface area contributed by atoms with Crippen molar-refractivity contribution in [1.29, 1.82) is 0 Å². The quantitative estimate of drug-likeness (QED) is 0.792. The molecule has 5 heteroatoms. The maximum absolute atomic E-state index is 5.41. The summed E-state index contributed by atoms with van der Waals surface area (Å²) in [4.78, 5) is 2.33. The van der Waals surface area contributed by atoms with Crippen molar-refractivity contribution in [3.63, 3.8) is 0 Å². The molecule has 0 saturated carbocycles. The molecule has 25 heavy (non-hydrogen) atoms. The Kier molecular flexibility index (Phi) is 5.89. The molecule has 1 heterocycles. The summed E-state index contributed by atoms with van der Waals surface area (Å²) < 4.78 is 5.40. The van der Waals surface area contributed by atoms with Crippen molar-refractivity contribution in [3.05, 3.63) is 54.1 Å². The zero-order valence-corrected chi connectivity index (χ0v) is 15.6. The number of anilines is 3. The minimum Gasteiger partial charge on any atom is -0.378 e. The summed E-state index contributed by atoms with van der Waals surface area (Å²) >= 11 is 5.41. The van der Waals surface area contributed by atoms with Crippen molar-refractivity contribution >= 4 is 34.4 Å². The molecule has 0 aliphatic carbocycles. The number of hydrogen-bond donors (Lipinski definition) is 2. The van der Waals surface area contributed by atoms with Crippen molar-refractivity contribution in [3.8, 4) is 0 Å². The van der Waals surface area contributed by atoms with Gasteiger partial charge in [0.1, 0.15) is 0 Å². The van der Waals surface area contributed by atoms with Crippen LogP contribution in [0.5, 0.6) is 0 Å². The van der Waals surface area contributed by atoms with Gasteiger partial charge in [-0.25, -0.2) is 0 Å². The number of morpholine rings is 1. The lowest BCUT2D eigenvalue weighted by atomic mass is 10.0. The standard InChI is InChI=1S/C20H25N3OS/c1-15(2)16-3-5-17(6-4-16)21-20(25)22-18-7-9-19(10-8-18)23-11-13-24-14-12-23/h3-10,15H,11-14H2,1-2H3,(H2,21,22,25). The van der Waals surface area contributed by atoms with Crippen LogP contribution in [0.3, 0.4) is 0 Å². The molecule has 3 rings (SSSR count). The van der Waals surface area contributed by atoms with Gasteiger partial charge in [0.05, 0.1) is 13.2 Å². The lowest BCUT2D eigenvalue weighted by Crippen LogP contribution is -2.36. The van der Waals surface area contributed by atoms with Crippen LogP contribution in [0.15, 0.2) is 48.5 Å². The van der Waals surface area contributed by atoms with Crippen LogP contribution in [-0.4, -0.2) is 31.4 Å². The molecule has 0 aromatic heterocycles. The molecule has 4 nitrogen and oxygen atoms in total. The molecule has 0 amide bonds. The third kappa shape index (κ3) is 4.94. The Bertz CT molecular complexity index is 692. The number of rotatable bonds is 4. The number of ether oxygens (including phenoxy) is 1. The Balaban J connectivity index is 1.55. The number of benzene rings is 2. The summed E-state index contributed by atoms with van der Waals surface area (Å²) in [5.74, 6) is 0.532. The smallest absolute Gasteiger partial charge is 0.175 e. The predicted octanol–water partition coefficient (Wildman–Crippen LogP) is 4.46. The monoisotopic (exact) mass is 355 g/mol. The maximum atomic E-state index is 5.41. The Morgan fingerprint density at radius 1 is 0.920 bits per heavy atom. The minimum atomic E-state index is 0.532. The van der Waals surface area contributed by atoms with Crippen molar-refractivity contribution in [1.82, 2.24) is 0 Å². The first-order valence-corrected chi connectivity index (χ1v) is 9.13. The molecule has 1 saturated heterocycles. The summed E-state index contributed by atoms with van der Waals surface area (Å²) in [5.41, 5.74) is 4.51. The van der Waals surface area contributed by atoms with E-state index in [-0.39, 0.29) is 0 Å². The van der Waals surface area contributed by atoms with Gasteiger partial charge in [0.15, 0.2) is 5.11 Å². The molecule has 0 radical (unpaired) electrons. The van der Waals surface area contributed by atoms with E-state index >= 15 is 0 Å². The molecule has 1 aliphatic rings. The highest BCUT2D eigenvalue weighted by Crippen LogP contribution is 2.20. The van der Waals surface area contributed by atoms with E-state index in [4.69, 9.17) is 17.0 Å². The number of nitrogens with one attached hydrogen (secondary N) is 2. The number of hydrogen-bond acceptors (Lipinski definition) is 3. The molecule has 2 aromatic carbocycles. The molecule has 0 spiro atoms. The SMILES string of the molecule is CC(C)c1ccc(NC(=S)Nc2ccc(N3CCOCC3)cc2)cc1. The lowest BCUT2D eigenvalue weighted by molar-refractivity contribution is 0.122. The highest BCUT2D eigenvalue weighted by molar-refractivity contribution is 7.80. The number of nitrogens with zero attached hydrogens (tertiary/aromatic N) is 1. The third-order valence-electron chi connectivity index (χ3n) is 4.34. The molecule has 1 aliphatic heterocycles. The third-order valence-corrected chi connectivity index (χ3v) is 4.54. The first-order chi connectivity index (χ1) is 12.1. The zero-order valence-electron chi connectivity index (χ0n) is 14.8. The van der Waals surface area contributed by atoms with Gasteiger partial charge < -0.3 is 20.3 Å². The van der Waals surface area contributed by atoms with Crippen molar-refractivity contribution < 1.29 is 4.74 Å². The van der Waals surface area contributed by atoms with Gasteiger partial charge in [0, 0.05) is 30.2 Å². The van der Waals surface area contributed by atoms with Crippen LogP contribution >= 0.6 is 12.2 Å². The van der Waals surface area contributed by atoms with Gasteiger partial charge >= 0.3 is 0 Å². The van der Waals surface area contributed by atoms with Crippen molar-refractivity contribution in [2.45, 2.75) is 19.8 Å².